The molecule has 1 amide bonds. The summed E-state index contributed by atoms with van der Waals surface area (Å²) < 4.78 is 0. The fraction of sp³-hybridized carbons (Fsp3) is 0.235. The summed E-state index contributed by atoms with van der Waals surface area (Å²) >= 11 is 0. The van der Waals surface area contributed by atoms with Gasteiger partial charge in [0.15, 0.2) is 0 Å². The molecule has 4 nitrogen and oxygen atoms in total. The van der Waals surface area contributed by atoms with E-state index < -0.39 is 5.54 Å². The number of nitriles is 1. The quantitative estimate of drug-likeness (QED) is 0.877. The molecule has 2 rings (SSSR count). The third-order valence-corrected chi connectivity index (χ3v) is 3.16. The molecular weight excluding hydrogens is 273 g/mol. The molecule has 0 aliphatic heterocycles. The average molecular weight is 289 g/mol. The smallest absolute Gasteiger partial charge is 0.252 e. The lowest BCUT2D eigenvalue weighted by Gasteiger charge is -2.18. The summed E-state index contributed by atoms with van der Waals surface area (Å²) in [6, 6.07) is 13.0. The van der Waals surface area contributed by atoms with Crippen molar-refractivity contribution in [2.24, 2.45) is 0 Å². The lowest BCUT2D eigenvalue weighted by Crippen LogP contribution is -2.42. The standard InChI is InChI=1S/C17H16BN3O/c1-11-4-6-12(7-5-11)14-8-13(9-15(18)20-14)16(22)21-17(2,3)10-19/h4-9H,1-3H3,(H,21,22). The van der Waals surface area contributed by atoms with Crippen molar-refractivity contribution in [3.63, 3.8) is 0 Å². The zero-order chi connectivity index (χ0) is 16.3. The lowest BCUT2D eigenvalue weighted by atomic mass is 9.98. The molecule has 0 bridgehead atoms. The minimum Gasteiger partial charge on any atom is -0.334 e. The fourth-order valence-corrected chi connectivity index (χ4v) is 1.94. The highest BCUT2D eigenvalue weighted by molar-refractivity contribution is 6.31. The Morgan fingerprint density at radius 2 is 1.91 bits per heavy atom. The molecule has 0 unspecified atom stereocenters. The van der Waals surface area contributed by atoms with Crippen LogP contribution >= 0.6 is 0 Å². The molecule has 22 heavy (non-hydrogen) atoms. The third kappa shape index (κ3) is 3.73. The summed E-state index contributed by atoms with van der Waals surface area (Å²) in [4.78, 5) is 16.5. The van der Waals surface area contributed by atoms with Crippen molar-refractivity contribution in [3.05, 3.63) is 47.5 Å². The second-order valence-electron chi connectivity index (χ2n) is 5.72. The van der Waals surface area contributed by atoms with Crippen LogP contribution in [0.1, 0.15) is 29.8 Å². The minimum atomic E-state index is -0.945. The first-order valence-electron chi connectivity index (χ1n) is 6.89. The molecule has 2 radical (unpaired) electrons. The first-order chi connectivity index (χ1) is 10.3. The Morgan fingerprint density at radius 1 is 1.27 bits per heavy atom. The molecule has 1 heterocycles. The molecule has 0 aliphatic rings. The molecule has 5 heteroatoms. The van der Waals surface area contributed by atoms with E-state index in [1.807, 2.05) is 37.3 Å². The predicted molar refractivity (Wildman–Crippen MR) is 87.0 cm³/mol. The Bertz CT molecular complexity index is 745. The van der Waals surface area contributed by atoms with E-state index in [2.05, 4.69) is 10.3 Å². The largest absolute Gasteiger partial charge is 0.334 e. The monoisotopic (exact) mass is 289 g/mol. The second-order valence-corrected chi connectivity index (χ2v) is 5.72. The number of rotatable bonds is 3. The Morgan fingerprint density at radius 3 is 2.50 bits per heavy atom. The molecule has 0 saturated carbocycles. The Balaban J connectivity index is 2.37. The highest BCUT2D eigenvalue weighted by atomic mass is 16.1. The number of carbonyl (C=O) groups is 1. The average Bonchev–Trinajstić information content (AvgIpc) is 2.47. The first-order valence-corrected chi connectivity index (χ1v) is 6.89. The maximum atomic E-state index is 12.3. The zero-order valence-electron chi connectivity index (χ0n) is 12.8. The summed E-state index contributed by atoms with van der Waals surface area (Å²) in [6.07, 6.45) is 0. The molecular formula is C17H16BN3O. The van der Waals surface area contributed by atoms with Gasteiger partial charge in [-0.1, -0.05) is 29.8 Å². The number of benzene rings is 1. The minimum absolute atomic E-state index is 0.262. The molecule has 1 aromatic carbocycles. The predicted octanol–water partition coefficient (Wildman–Crippen LogP) is 1.88. The van der Waals surface area contributed by atoms with E-state index in [0.29, 0.717) is 11.3 Å². The van der Waals surface area contributed by atoms with E-state index in [1.54, 1.807) is 19.9 Å². The van der Waals surface area contributed by atoms with Gasteiger partial charge in [-0.25, -0.2) is 0 Å². The maximum Gasteiger partial charge on any atom is 0.252 e. The Hall–Kier alpha value is -2.61. The van der Waals surface area contributed by atoms with Gasteiger partial charge in [0.05, 0.1) is 11.8 Å². The van der Waals surface area contributed by atoms with Crippen molar-refractivity contribution in [1.29, 1.82) is 5.26 Å². The Kier molecular flexibility index (Phi) is 4.32. The summed E-state index contributed by atoms with van der Waals surface area (Å²) in [5.74, 6) is -0.353. The number of amides is 1. The summed E-state index contributed by atoms with van der Waals surface area (Å²) in [6.45, 7) is 5.27. The number of aromatic nitrogens is 1. The van der Waals surface area contributed by atoms with Crippen molar-refractivity contribution in [2.45, 2.75) is 26.3 Å². The molecule has 2 aromatic rings. The topological polar surface area (TPSA) is 65.8 Å². The van der Waals surface area contributed by atoms with Gasteiger partial charge in [-0.2, -0.15) is 5.26 Å². The number of carbonyl (C=O) groups excluding carboxylic acids is 1. The highest BCUT2D eigenvalue weighted by Gasteiger charge is 2.20. The van der Waals surface area contributed by atoms with E-state index in [9.17, 15) is 4.79 Å². The summed E-state index contributed by atoms with van der Waals surface area (Å²) in [7, 11) is 5.80. The van der Waals surface area contributed by atoms with Crippen LogP contribution in [-0.2, 0) is 0 Å². The molecule has 0 atom stereocenters. The number of pyridine rings is 1. The van der Waals surface area contributed by atoms with Crippen molar-refractivity contribution < 1.29 is 4.79 Å². The van der Waals surface area contributed by atoms with Crippen LogP contribution < -0.4 is 10.9 Å². The molecule has 108 valence electrons. The zero-order valence-corrected chi connectivity index (χ0v) is 12.8. The Labute approximate surface area is 131 Å². The van der Waals surface area contributed by atoms with E-state index in [0.717, 1.165) is 11.1 Å². The second kappa shape index (κ2) is 6.02. The van der Waals surface area contributed by atoms with Gasteiger partial charge in [0.2, 0.25) is 0 Å². The van der Waals surface area contributed by atoms with Crippen molar-refractivity contribution in [1.82, 2.24) is 10.3 Å². The number of hydrogen-bond acceptors (Lipinski definition) is 3. The summed E-state index contributed by atoms with van der Waals surface area (Å²) in [5.41, 5.74) is 2.34. The van der Waals surface area contributed by atoms with Crippen LogP contribution in [0, 0.1) is 18.3 Å². The number of hydrogen-bond donors (Lipinski definition) is 1. The van der Waals surface area contributed by atoms with Crippen molar-refractivity contribution in [2.75, 3.05) is 0 Å². The SMILES string of the molecule is [B]c1cc(C(=O)NC(C)(C)C#N)cc(-c2ccc(C)cc2)n1. The van der Waals surface area contributed by atoms with Crippen molar-refractivity contribution >= 4 is 19.3 Å². The van der Waals surface area contributed by atoms with E-state index in [4.69, 9.17) is 13.1 Å². The van der Waals surface area contributed by atoms with Crippen LogP contribution in [0.2, 0.25) is 0 Å². The van der Waals surface area contributed by atoms with E-state index in [-0.39, 0.29) is 11.5 Å². The van der Waals surface area contributed by atoms with Gasteiger partial charge in [0.1, 0.15) is 13.4 Å². The number of nitrogens with one attached hydrogen (secondary N) is 1. The lowest BCUT2D eigenvalue weighted by molar-refractivity contribution is 0.0929. The number of aryl methyl sites for hydroxylation is 1. The normalized spacial score (nSPS) is 10.8. The molecule has 1 aromatic heterocycles. The van der Waals surface area contributed by atoms with Gasteiger partial charge in [-0.05, 0) is 38.5 Å². The first kappa shape index (κ1) is 15.8. The van der Waals surface area contributed by atoms with Gasteiger partial charge in [0, 0.05) is 11.1 Å². The third-order valence-electron chi connectivity index (χ3n) is 3.16. The van der Waals surface area contributed by atoms with E-state index in [1.165, 1.54) is 6.07 Å². The molecule has 1 N–H and O–H groups in total. The molecule has 0 aliphatic carbocycles. The van der Waals surface area contributed by atoms with Gasteiger partial charge >= 0.3 is 0 Å². The van der Waals surface area contributed by atoms with Gasteiger partial charge < -0.3 is 5.32 Å². The van der Waals surface area contributed by atoms with Crippen LogP contribution in [0.3, 0.4) is 0 Å². The van der Waals surface area contributed by atoms with Crippen LogP contribution in [0.4, 0.5) is 0 Å². The van der Waals surface area contributed by atoms with Gasteiger partial charge in [0.25, 0.3) is 5.91 Å². The highest BCUT2D eigenvalue weighted by Crippen LogP contribution is 2.18. The van der Waals surface area contributed by atoms with Crippen LogP contribution in [-0.4, -0.2) is 24.3 Å². The van der Waals surface area contributed by atoms with Crippen LogP contribution in [0.5, 0.6) is 0 Å². The summed E-state index contributed by atoms with van der Waals surface area (Å²) in [5, 5.41) is 11.7. The van der Waals surface area contributed by atoms with Gasteiger partial charge in [-0.3, -0.25) is 9.78 Å². The van der Waals surface area contributed by atoms with E-state index >= 15 is 0 Å². The van der Waals surface area contributed by atoms with Gasteiger partial charge in [-0.15, -0.1) is 0 Å². The van der Waals surface area contributed by atoms with Crippen LogP contribution in [0.25, 0.3) is 11.3 Å². The molecule has 0 saturated heterocycles. The fourth-order valence-electron chi connectivity index (χ4n) is 1.94. The molecule has 0 fully saturated rings. The van der Waals surface area contributed by atoms with Crippen LogP contribution in [0.15, 0.2) is 36.4 Å². The number of nitrogens with zero attached hydrogens (tertiary/aromatic N) is 2. The maximum absolute atomic E-state index is 12.3. The van der Waals surface area contributed by atoms with Crippen molar-refractivity contribution in [3.8, 4) is 17.3 Å². The molecule has 0 spiro atoms.